The van der Waals surface area contributed by atoms with Crippen molar-refractivity contribution in [1.29, 1.82) is 0 Å². The zero-order valence-electron chi connectivity index (χ0n) is 16.0. The molecule has 2 aromatic carbocycles. The molecule has 4 rings (SSSR count). The molecule has 0 saturated carbocycles. The Morgan fingerprint density at radius 2 is 1.48 bits per heavy atom. The standard InChI is InChI=1S/C21H23N3O4S/c25-20-7-4-12-24(20)18-10-8-17(9-11-18)21(26)22-13-15-23(16-14-22)29(27,28)19-5-2-1-3-6-19/h1-3,5-6,8-11H,4,7,12-16H2. The first-order valence-electron chi connectivity index (χ1n) is 9.72. The first-order valence-corrected chi connectivity index (χ1v) is 11.2. The molecule has 0 unspecified atom stereocenters. The Labute approximate surface area is 170 Å². The number of hydrogen-bond donors (Lipinski definition) is 0. The molecule has 0 aliphatic carbocycles. The van der Waals surface area contributed by atoms with E-state index in [1.165, 1.54) is 4.31 Å². The average molecular weight is 413 g/mol. The number of benzene rings is 2. The van der Waals surface area contributed by atoms with E-state index in [1.807, 2.05) is 0 Å². The summed E-state index contributed by atoms with van der Waals surface area (Å²) < 4.78 is 26.9. The van der Waals surface area contributed by atoms with Crippen LogP contribution in [0.1, 0.15) is 23.2 Å². The summed E-state index contributed by atoms with van der Waals surface area (Å²) >= 11 is 0. The van der Waals surface area contributed by atoms with Crippen LogP contribution in [0.5, 0.6) is 0 Å². The first kappa shape index (κ1) is 19.6. The Morgan fingerprint density at radius 1 is 0.828 bits per heavy atom. The molecular weight excluding hydrogens is 390 g/mol. The van der Waals surface area contributed by atoms with Crippen LogP contribution in [-0.4, -0.2) is 62.2 Å². The summed E-state index contributed by atoms with van der Waals surface area (Å²) in [6.07, 6.45) is 1.42. The van der Waals surface area contributed by atoms with Crippen molar-refractivity contribution < 1.29 is 18.0 Å². The molecule has 0 N–H and O–H groups in total. The summed E-state index contributed by atoms with van der Waals surface area (Å²) in [5, 5.41) is 0. The Hall–Kier alpha value is -2.71. The van der Waals surface area contributed by atoms with E-state index < -0.39 is 10.0 Å². The minimum absolute atomic E-state index is 0.111. The van der Waals surface area contributed by atoms with E-state index in [4.69, 9.17) is 0 Å². The predicted molar refractivity (Wildman–Crippen MR) is 109 cm³/mol. The second kappa shape index (κ2) is 7.96. The molecule has 2 aliphatic heterocycles. The van der Waals surface area contributed by atoms with E-state index in [0.717, 1.165) is 12.1 Å². The molecule has 2 fully saturated rings. The fourth-order valence-electron chi connectivity index (χ4n) is 3.76. The van der Waals surface area contributed by atoms with E-state index in [0.29, 0.717) is 31.6 Å². The molecular formula is C21H23N3O4S. The van der Waals surface area contributed by atoms with Gasteiger partial charge in [-0.25, -0.2) is 8.42 Å². The summed E-state index contributed by atoms with van der Waals surface area (Å²) in [5.74, 6) is -0.0131. The van der Waals surface area contributed by atoms with Crippen LogP contribution < -0.4 is 4.90 Å². The van der Waals surface area contributed by atoms with Crippen molar-refractivity contribution in [1.82, 2.24) is 9.21 Å². The molecule has 0 spiro atoms. The van der Waals surface area contributed by atoms with Crippen molar-refractivity contribution in [3.8, 4) is 0 Å². The third-order valence-electron chi connectivity index (χ3n) is 5.41. The molecule has 0 radical (unpaired) electrons. The predicted octanol–water partition coefficient (Wildman–Crippen LogP) is 1.96. The Bertz CT molecular complexity index is 998. The molecule has 2 saturated heterocycles. The van der Waals surface area contributed by atoms with E-state index >= 15 is 0 Å². The van der Waals surface area contributed by atoms with Gasteiger partial charge in [-0.1, -0.05) is 18.2 Å². The molecule has 8 heteroatoms. The van der Waals surface area contributed by atoms with Gasteiger partial charge in [-0.05, 0) is 42.8 Å². The highest BCUT2D eigenvalue weighted by Crippen LogP contribution is 2.23. The number of piperazine rings is 1. The van der Waals surface area contributed by atoms with Gasteiger partial charge in [0.25, 0.3) is 5.91 Å². The Balaban J connectivity index is 1.40. The smallest absolute Gasteiger partial charge is 0.253 e. The van der Waals surface area contributed by atoms with Crippen molar-refractivity contribution in [2.24, 2.45) is 0 Å². The summed E-state index contributed by atoms with van der Waals surface area (Å²) in [5.41, 5.74) is 1.35. The van der Waals surface area contributed by atoms with Crippen LogP contribution in [0.3, 0.4) is 0 Å². The summed E-state index contributed by atoms with van der Waals surface area (Å²) in [6, 6.07) is 15.4. The normalized spacial score (nSPS) is 18.3. The lowest BCUT2D eigenvalue weighted by molar-refractivity contribution is -0.117. The zero-order valence-corrected chi connectivity index (χ0v) is 16.8. The number of anilines is 1. The minimum Gasteiger partial charge on any atom is -0.336 e. The van der Waals surface area contributed by atoms with Crippen molar-refractivity contribution in [2.75, 3.05) is 37.6 Å². The van der Waals surface area contributed by atoms with Gasteiger partial charge in [0.2, 0.25) is 15.9 Å². The van der Waals surface area contributed by atoms with Gasteiger partial charge in [0, 0.05) is 50.4 Å². The second-order valence-electron chi connectivity index (χ2n) is 7.21. The van der Waals surface area contributed by atoms with Crippen molar-refractivity contribution in [3.05, 3.63) is 60.2 Å². The third-order valence-corrected chi connectivity index (χ3v) is 7.32. The van der Waals surface area contributed by atoms with Gasteiger partial charge in [-0.2, -0.15) is 4.31 Å². The number of carbonyl (C=O) groups is 2. The lowest BCUT2D eigenvalue weighted by atomic mass is 10.1. The van der Waals surface area contributed by atoms with E-state index in [-0.39, 0.29) is 29.8 Å². The quantitative estimate of drug-likeness (QED) is 0.768. The van der Waals surface area contributed by atoms with Crippen LogP contribution in [0, 0.1) is 0 Å². The number of hydrogen-bond acceptors (Lipinski definition) is 4. The van der Waals surface area contributed by atoms with Gasteiger partial charge in [-0.3, -0.25) is 9.59 Å². The van der Waals surface area contributed by atoms with Gasteiger partial charge in [-0.15, -0.1) is 0 Å². The van der Waals surface area contributed by atoms with Crippen LogP contribution in [-0.2, 0) is 14.8 Å². The average Bonchev–Trinajstić information content (AvgIpc) is 3.20. The highest BCUT2D eigenvalue weighted by atomic mass is 32.2. The lowest BCUT2D eigenvalue weighted by Gasteiger charge is -2.34. The molecule has 2 amide bonds. The number of nitrogens with zero attached hydrogens (tertiary/aromatic N) is 3. The minimum atomic E-state index is -3.54. The van der Waals surface area contributed by atoms with Crippen LogP contribution in [0.4, 0.5) is 5.69 Å². The maximum Gasteiger partial charge on any atom is 0.253 e. The first-order chi connectivity index (χ1) is 14.0. The third kappa shape index (κ3) is 3.90. The van der Waals surface area contributed by atoms with Crippen LogP contribution in [0.25, 0.3) is 0 Å². The lowest BCUT2D eigenvalue weighted by Crippen LogP contribution is -2.50. The topological polar surface area (TPSA) is 78.0 Å². The molecule has 2 aromatic rings. The summed E-state index contributed by atoms with van der Waals surface area (Å²) in [6.45, 7) is 1.94. The number of carbonyl (C=O) groups excluding carboxylic acids is 2. The molecule has 7 nitrogen and oxygen atoms in total. The van der Waals surface area contributed by atoms with Gasteiger partial charge in [0.05, 0.1) is 4.90 Å². The fraction of sp³-hybridized carbons (Fsp3) is 0.333. The van der Waals surface area contributed by atoms with Crippen molar-refractivity contribution in [3.63, 3.8) is 0 Å². The van der Waals surface area contributed by atoms with Gasteiger partial charge >= 0.3 is 0 Å². The second-order valence-corrected chi connectivity index (χ2v) is 9.14. The molecule has 0 atom stereocenters. The van der Waals surface area contributed by atoms with Gasteiger partial charge < -0.3 is 9.80 Å². The molecule has 0 aromatic heterocycles. The molecule has 2 heterocycles. The SMILES string of the molecule is O=C(c1ccc(N2CCCC2=O)cc1)N1CCN(S(=O)(=O)c2ccccc2)CC1. The van der Waals surface area contributed by atoms with Crippen LogP contribution >= 0.6 is 0 Å². The maximum atomic E-state index is 12.8. The van der Waals surface area contributed by atoms with Crippen molar-refractivity contribution in [2.45, 2.75) is 17.7 Å². The zero-order chi connectivity index (χ0) is 20.4. The Morgan fingerprint density at radius 3 is 2.07 bits per heavy atom. The maximum absolute atomic E-state index is 12.8. The molecule has 0 bridgehead atoms. The van der Waals surface area contributed by atoms with E-state index in [2.05, 4.69) is 0 Å². The molecule has 2 aliphatic rings. The van der Waals surface area contributed by atoms with Crippen LogP contribution in [0.2, 0.25) is 0 Å². The van der Waals surface area contributed by atoms with E-state index in [9.17, 15) is 18.0 Å². The number of sulfonamides is 1. The largest absolute Gasteiger partial charge is 0.336 e. The highest BCUT2D eigenvalue weighted by Gasteiger charge is 2.30. The number of rotatable bonds is 4. The summed E-state index contributed by atoms with van der Waals surface area (Å²) in [4.78, 5) is 28.3. The molecule has 152 valence electrons. The Kier molecular flexibility index (Phi) is 5.38. The van der Waals surface area contributed by atoms with E-state index in [1.54, 1.807) is 64.4 Å². The van der Waals surface area contributed by atoms with Crippen molar-refractivity contribution >= 4 is 27.5 Å². The molecule has 29 heavy (non-hydrogen) atoms. The highest BCUT2D eigenvalue weighted by molar-refractivity contribution is 7.89. The van der Waals surface area contributed by atoms with Crippen LogP contribution in [0.15, 0.2) is 59.5 Å². The van der Waals surface area contributed by atoms with Gasteiger partial charge in [0.1, 0.15) is 0 Å². The number of amides is 2. The monoisotopic (exact) mass is 413 g/mol. The summed E-state index contributed by atoms with van der Waals surface area (Å²) in [7, 11) is -3.54. The van der Waals surface area contributed by atoms with Gasteiger partial charge in [0.15, 0.2) is 0 Å². The fourth-order valence-corrected chi connectivity index (χ4v) is 5.20.